The zero-order chi connectivity index (χ0) is 17.9. The molecule has 1 aliphatic carbocycles. The van der Waals surface area contributed by atoms with Crippen LogP contribution in [0.2, 0.25) is 0 Å². The molecule has 1 aliphatic rings. The lowest BCUT2D eigenvalue weighted by atomic mass is 10.1. The van der Waals surface area contributed by atoms with Gasteiger partial charge in [-0.25, -0.2) is 0 Å². The first kappa shape index (κ1) is 16.7. The summed E-state index contributed by atoms with van der Waals surface area (Å²) in [5, 5.41) is 3.94. The summed E-state index contributed by atoms with van der Waals surface area (Å²) in [5.41, 5.74) is 1.80. The second-order valence-electron chi connectivity index (χ2n) is 6.44. The summed E-state index contributed by atoms with van der Waals surface area (Å²) in [6.07, 6.45) is 4.03. The van der Waals surface area contributed by atoms with Gasteiger partial charge in [0.25, 0.3) is 0 Å². The van der Waals surface area contributed by atoms with Crippen LogP contribution in [0.25, 0.3) is 22.1 Å². The van der Waals surface area contributed by atoms with E-state index in [1.807, 2.05) is 30.3 Å². The minimum absolute atomic E-state index is 0.0571. The molecule has 0 aliphatic heterocycles. The second-order valence-corrected chi connectivity index (χ2v) is 6.44. The maximum atomic E-state index is 12.8. The van der Waals surface area contributed by atoms with Crippen LogP contribution >= 0.6 is 0 Å². The van der Waals surface area contributed by atoms with E-state index < -0.39 is 0 Å². The van der Waals surface area contributed by atoms with E-state index in [2.05, 4.69) is 5.32 Å². The van der Waals surface area contributed by atoms with Crippen molar-refractivity contribution in [2.45, 2.75) is 18.9 Å². The first-order valence-corrected chi connectivity index (χ1v) is 8.81. The molecule has 134 valence electrons. The average Bonchev–Trinajstić information content (AvgIpc) is 3.50. The van der Waals surface area contributed by atoms with Crippen molar-refractivity contribution in [2.75, 3.05) is 20.3 Å². The highest BCUT2D eigenvalue weighted by Crippen LogP contribution is 2.24. The van der Waals surface area contributed by atoms with Gasteiger partial charge in [-0.15, -0.1) is 0 Å². The smallest absolute Gasteiger partial charge is 0.200 e. The molecule has 0 bridgehead atoms. The van der Waals surface area contributed by atoms with Gasteiger partial charge in [0.15, 0.2) is 5.43 Å². The van der Waals surface area contributed by atoms with Gasteiger partial charge >= 0.3 is 0 Å². The molecular weight excluding hydrogens is 330 g/mol. The molecule has 1 aromatic heterocycles. The number of fused-ring (bicyclic) bond motifs is 1. The summed E-state index contributed by atoms with van der Waals surface area (Å²) in [6.45, 7) is 1.42. The second kappa shape index (κ2) is 7.22. The van der Waals surface area contributed by atoms with Crippen LogP contribution in [0.1, 0.15) is 12.8 Å². The molecular formula is C21H21NO4. The van der Waals surface area contributed by atoms with Gasteiger partial charge in [-0.1, -0.05) is 12.1 Å². The highest BCUT2D eigenvalue weighted by Gasteiger charge is 2.19. The minimum Gasteiger partial charge on any atom is -0.497 e. The van der Waals surface area contributed by atoms with Crippen molar-refractivity contribution in [1.29, 1.82) is 0 Å². The number of methoxy groups -OCH3 is 1. The zero-order valence-corrected chi connectivity index (χ0v) is 14.7. The third kappa shape index (κ3) is 3.58. The molecule has 1 N–H and O–H groups in total. The van der Waals surface area contributed by atoms with Crippen molar-refractivity contribution in [3.05, 3.63) is 59.0 Å². The fraction of sp³-hybridized carbons (Fsp3) is 0.286. The molecule has 0 unspecified atom stereocenters. The fourth-order valence-electron chi connectivity index (χ4n) is 2.89. The van der Waals surface area contributed by atoms with Gasteiger partial charge in [0.05, 0.1) is 18.1 Å². The van der Waals surface area contributed by atoms with Crippen LogP contribution < -0.4 is 20.2 Å². The molecule has 1 heterocycles. The van der Waals surface area contributed by atoms with Crippen molar-refractivity contribution < 1.29 is 13.9 Å². The molecule has 1 saturated carbocycles. The molecule has 4 rings (SSSR count). The van der Waals surface area contributed by atoms with Crippen LogP contribution in [0.4, 0.5) is 0 Å². The van der Waals surface area contributed by atoms with Gasteiger partial charge in [-0.2, -0.15) is 0 Å². The normalized spacial score (nSPS) is 13.7. The summed E-state index contributed by atoms with van der Waals surface area (Å²) in [6, 6.07) is 13.4. The number of nitrogens with one attached hydrogen (secondary N) is 1. The number of benzene rings is 2. The van der Waals surface area contributed by atoms with E-state index in [1.54, 1.807) is 19.2 Å². The van der Waals surface area contributed by atoms with E-state index >= 15 is 0 Å². The quantitative estimate of drug-likeness (QED) is 0.659. The van der Waals surface area contributed by atoms with Gasteiger partial charge in [-0.3, -0.25) is 4.79 Å². The predicted octanol–water partition coefficient (Wildman–Crippen LogP) is 3.60. The summed E-state index contributed by atoms with van der Waals surface area (Å²) < 4.78 is 16.6. The molecule has 0 atom stereocenters. The molecule has 5 heteroatoms. The van der Waals surface area contributed by atoms with Gasteiger partial charge < -0.3 is 19.2 Å². The minimum atomic E-state index is -0.0571. The van der Waals surface area contributed by atoms with Crippen LogP contribution in [0.5, 0.6) is 11.5 Å². The Kier molecular flexibility index (Phi) is 4.63. The Morgan fingerprint density at radius 2 is 1.88 bits per heavy atom. The highest BCUT2D eigenvalue weighted by molar-refractivity contribution is 5.82. The Hall–Kier alpha value is -2.79. The molecule has 2 aromatic carbocycles. The molecule has 1 fully saturated rings. The maximum Gasteiger partial charge on any atom is 0.200 e. The predicted molar refractivity (Wildman–Crippen MR) is 101 cm³/mol. The number of hydrogen-bond acceptors (Lipinski definition) is 5. The molecule has 0 saturated heterocycles. The van der Waals surface area contributed by atoms with Crippen molar-refractivity contribution in [3.63, 3.8) is 0 Å². The molecule has 26 heavy (non-hydrogen) atoms. The third-order valence-corrected chi connectivity index (χ3v) is 4.53. The molecule has 0 amide bonds. The van der Waals surface area contributed by atoms with Crippen LogP contribution in [0.3, 0.4) is 0 Å². The Bertz CT molecular complexity index is 958. The van der Waals surface area contributed by atoms with E-state index in [9.17, 15) is 4.79 Å². The van der Waals surface area contributed by atoms with Crippen molar-refractivity contribution in [3.8, 4) is 22.6 Å². The largest absolute Gasteiger partial charge is 0.497 e. The molecule has 0 spiro atoms. The van der Waals surface area contributed by atoms with E-state index in [-0.39, 0.29) is 5.43 Å². The SMILES string of the molecule is COc1ccc(-c2coc3cc(OCCNC4CC4)ccc3c2=O)cc1. The van der Waals surface area contributed by atoms with E-state index in [0.717, 1.165) is 17.9 Å². The summed E-state index contributed by atoms with van der Waals surface area (Å²) in [5.74, 6) is 1.45. The number of ether oxygens (including phenoxy) is 2. The fourth-order valence-corrected chi connectivity index (χ4v) is 2.89. The van der Waals surface area contributed by atoms with Crippen molar-refractivity contribution >= 4 is 11.0 Å². The van der Waals surface area contributed by atoms with Crippen LogP contribution in [-0.2, 0) is 0 Å². The Balaban J connectivity index is 1.54. The van der Waals surface area contributed by atoms with Gasteiger partial charge in [0, 0.05) is 18.7 Å². The van der Waals surface area contributed by atoms with Gasteiger partial charge in [-0.05, 0) is 42.7 Å². The van der Waals surface area contributed by atoms with Crippen molar-refractivity contribution in [2.24, 2.45) is 0 Å². The highest BCUT2D eigenvalue weighted by atomic mass is 16.5. The maximum absolute atomic E-state index is 12.8. The summed E-state index contributed by atoms with van der Waals surface area (Å²) in [7, 11) is 1.61. The Morgan fingerprint density at radius 3 is 2.62 bits per heavy atom. The molecule has 0 radical (unpaired) electrons. The average molecular weight is 351 g/mol. The standard InChI is InChI=1S/C21H21NO4/c1-24-16-6-2-14(3-7-16)19-13-26-20-12-17(8-9-18(20)21(19)23)25-11-10-22-15-4-5-15/h2-3,6-9,12-13,15,22H,4-5,10-11H2,1H3. The summed E-state index contributed by atoms with van der Waals surface area (Å²) in [4.78, 5) is 12.8. The monoisotopic (exact) mass is 351 g/mol. The van der Waals surface area contributed by atoms with Crippen LogP contribution in [0.15, 0.2) is 57.9 Å². The van der Waals surface area contributed by atoms with E-state index in [4.69, 9.17) is 13.9 Å². The van der Waals surface area contributed by atoms with Gasteiger partial charge in [0.2, 0.25) is 0 Å². The molecule has 5 nitrogen and oxygen atoms in total. The van der Waals surface area contributed by atoms with Crippen molar-refractivity contribution in [1.82, 2.24) is 5.32 Å². The Labute approximate surface area is 151 Å². The first-order chi connectivity index (χ1) is 12.7. The van der Waals surface area contributed by atoms with E-state index in [0.29, 0.717) is 34.9 Å². The van der Waals surface area contributed by atoms with Crippen LogP contribution in [0, 0.1) is 0 Å². The zero-order valence-electron chi connectivity index (χ0n) is 14.7. The topological polar surface area (TPSA) is 60.7 Å². The number of rotatable bonds is 7. The summed E-state index contributed by atoms with van der Waals surface area (Å²) >= 11 is 0. The van der Waals surface area contributed by atoms with Crippen LogP contribution in [-0.4, -0.2) is 26.3 Å². The first-order valence-electron chi connectivity index (χ1n) is 8.81. The lowest BCUT2D eigenvalue weighted by Crippen LogP contribution is -2.22. The number of hydrogen-bond donors (Lipinski definition) is 1. The molecule has 3 aromatic rings. The third-order valence-electron chi connectivity index (χ3n) is 4.53. The van der Waals surface area contributed by atoms with Gasteiger partial charge in [0.1, 0.15) is 30.0 Å². The Morgan fingerprint density at radius 1 is 1.12 bits per heavy atom. The lowest BCUT2D eigenvalue weighted by molar-refractivity contribution is 0.313. The van der Waals surface area contributed by atoms with E-state index in [1.165, 1.54) is 19.1 Å². The lowest BCUT2D eigenvalue weighted by Gasteiger charge is -2.08.